The lowest BCUT2D eigenvalue weighted by molar-refractivity contribution is -0.120. The number of nitrogens with zero attached hydrogens (tertiary/aromatic N) is 2. The number of hydrogen-bond donors (Lipinski definition) is 2. The van der Waals surface area contributed by atoms with Gasteiger partial charge in [0.05, 0.1) is 6.10 Å². The van der Waals surface area contributed by atoms with Gasteiger partial charge in [-0.15, -0.1) is 0 Å². The van der Waals surface area contributed by atoms with Crippen LogP contribution in [0.3, 0.4) is 0 Å². The molecule has 106 valence electrons. The highest BCUT2D eigenvalue weighted by molar-refractivity contribution is 5.76. The van der Waals surface area contributed by atoms with Gasteiger partial charge in [0.1, 0.15) is 0 Å². The van der Waals surface area contributed by atoms with Crippen molar-refractivity contribution >= 4 is 11.9 Å². The standard InChI is InChI=1S/C13H22N4O2/c1-5-14-11(18)6-7-15-13-16-10(4)8-12(17-13)19-9(2)3/h8-9H,5-7H2,1-4H3,(H,14,18)(H,15,16,17). The van der Waals surface area contributed by atoms with Crippen LogP contribution in [0.1, 0.15) is 32.9 Å². The molecular weight excluding hydrogens is 244 g/mol. The minimum Gasteiger partial charge on any atom is -0.475 e. The summed E-state index contributed by atoms with van der Waals surface area (Å²) in [5.41, 5.74) is 0.825. The molecule has 0 saturated carbocycles. The van der Waals surface area contributed by atoms with Gasteiger partial charge in [-0.05, 0) is 27.7 Å². The fraction of sp³-hybridized carbons (Fsp3) is 0.615. The highest BCUT2D eigenvalue weighted by Crippen LogP contribution is 2.13. The maximum atomic E-state index is 11.3. The topological polar surface area (TPSA) is 76.1 Å². The van der Waals surface area contributed by atoms with Crippen LogP contribution in [-0.2, 0) is 4.79 Å². The van der Waals surface area contributed by atoms with Crippen molar-refractivity contribution in [2.45, 2.75) is 40.2 Å². The summed E-state index contributed by atoms with van der Waals surface area (Å²) in [6.45, 7) is 8.80. The number of ether oxygens (including phenoxy) is 1. The van der Waals surface area contributed by atoms with Crippen LogP contribution in [0.5, 0.6) is 5.88 Å². The van der Waals surface area contributed by atoms with Gasteiger partial charge in [-0.3, -0.25) is 4.79 Å². The molecule has 0 aliphatic rings. The minimum atomic E-state index is 0.0151. The molecule has 1 rings (SSSR count). The van der Waals surface area contributed by atoms with Crippen LogP contribution in [0, 0.1) is 6.92 Å². The Bertz CT molecular complexity index is 421. The van der Waals surface area contributed by atoms with Crippen molar-refractivity contribution in [3.05, 3.63) is 11.8 Å². The molecule has 0 atom stereocenters. The second-order valence-corrected chi connectivity index (χ2v) is 4.47. The molecule has 0 spiro atoms. The molecule has 0 aliphatic heterocycles. The van der Waals surface area contributed by atoms with E-state index in [1.165, 1.54) is 0 Å². The monoisotopic (exact) mass is 266 g/mol. The summed E-state index contributed by atoms with van der Waals surface area (Å²) < 4.78 is 5.53. The smallest absolute Gasteiger partial charge is 0.226 e. The lowest BCUT2D eigenvalue weighted by atomic mass is 10.4. The molecule has 19 heavy (non-hydrogen) atoms. The largest absolute Gasteiger partial charge is 0.475 e. The number of hydrogen-bond acceptors (Lipinski definition) is 5. The van der Waals surface area contributed by atoms with E-state index in [-0.39, 0.29) is 12.0 Å². The number of carbonyl (C=O) groups is 1. The second-order valence-electron chi connectivity index (χ2n) is 4.47. The zero-order valence-electron chi connectivity index (χ0n) is 12.0. The predicted octanol–water partition coefficient (Wildman–Crippen LogP) is 1.51. The first-order chi connectivity index (χ1) is 9.01. The molecule has 0 saturated heterocycles. The number of aryl methyl sites for hydroxylation is 1. The molecule has 1 heterocycles. The lowest BCUT2D eigenvalue weighted by Gasteiger charge is -2.11. The van der Waals surface area contributed by atoms with Crippen LogP contribution in [0.15, 0.2) is 6.07 Å². The van der Waals surface area contributed by atoms with Crippen molar-refractivity contribution in [1.29, 1.82) is 0 Å². The zero-order valence-corrected chi connectivity index (χ0v) is 12.0. The van der Waals surface area contributed by atoms with E-state index in [1.807, 2.05) is 27.7 Å². The summed E-state index contributed by atoms with van der Waals surface area (Å²) in [5, 5.41) is 5.76. The molecule has 0 bridgehead atoms. The van der Waals surface area contributed by atoms with E-state index in [0.29, 0.717) is 31.3 Å². The molecular formula is C13H22N4O2. The molecule has 1 aromatic rings. The fourth-order valence-electron chi connectivity index (χ4n) is 1.49. The normalized spacial score (nSPS) is 10.4. The number of carbonyl (C=O) groups excluding carboxylic acids is 1. The Morgan fingerprint density at radius 1 is 1.42 bits per heavy atom. The lowest BCUT2D eigenvalue weighted by Crippen LogP contribution is -2.25. The van der Waals surface area contributed by atoms with E-state index in [4.69, 9.17) is 4.74 Å². The molecule has 2 N–H and O–H groups in total. The first kappa shape index (κ1) is 15.2. The summed E-state index contributed by atoms with van der Waals surface area (Å²) in [7, 11) is 0. The van der Waals surface area contributed by atoms with Crippen molar-refractivity contribution < 1.29 is 9.53 Å². The highest BCUT2D eigenvalue weighted by atomic mass is 16.5. The Kier molecular flexibility index (Phi) is 6.05. The van der Waals surface area contributed by atoms with E-state index in [1.54, 1.807) is 6.07 Å². The Hall–Kier alpha value is -1.85. The second kappa shape index (κ2) is 7.56. The average molecular weight is 266 g/mol. The molecule has 0 unspecified atom stereocenters. The molecule has 6 heteroatoms. The van der Waals surface area contributed by atoms with Gasteiger partial charge in [0.25, 0.3) is 0 Å². The van der Waals surface area contributed by atoms with Crippen LogP contribution < -0.4 is 15.4 Å². The van der Waals surface area contributed by atoms with Crippen LogP contribution in [0.25, 0.3) is 0 Å². The maximum absolute atomic E-state index is 11.3. The molecule has 1 amide bonds. The number of aromatic nitrogens is 2. The van der Waals surface area contributed by atoms with Gasteiger partial charge < -0.3 is 15.4 Å². The van der Waals surface area contributed by atoms with Gasteiger partial charge in [-0.25, -0.2) is 4.98 Å². The summed E-state index contributed by atoms with van der Waals surface area (Å²) >= 11 is 0. The third-order valence-electron chi connectivity index (χ3n) is 2.20. The van der Waals surface area contributed by atoms with Gasteiger partial charge in [-0.1, -0.05) is 0 Å². The van der Waals surface area contributed by atoms with Gasteiger partial charge in [-0.2, -0.15) is 4.98 Å². The van der Waals surface area contributed by atoms with Gasteiger partial charge in [0.2, 0.25) is 17.7 Å². The Morgan fingerprint density at radius 2 is 2.16 bits per heavy atom. The van der Waals surface area contributed by atoms with Gasteiger partial charge in [0, 0.05) is 31.3 Å². The van der Waals surface area contributed by atoms with E-state index >= 15 is 0 Å². The minimum absolute atomic E-state index is 0.0151. The third kappa shape index (κ3) is 6.03. The Morgan fingerprint density at radius 3 is 2.79 bits per heavy atom. The van der Waals surface area contributed by atoms with Crippen LogP contribution in [0.4, 0.5) is 5.95 Å². The first-order valence-electron chi connectivity index (χ1n) is 6.54. The van der Waals surface area contributed by atoms with Crippen molar-refractivity contribution in [2.75, 3.05) is 18.4 Å². The summed E-state index contributed by atoms with van der Waals surface area (Å²) in [6.07, 6.45) is 0.461. The number of rotatable bonds is 7. The molecule has 0 fully saturated rings. The highest BCUT2D eigenvalue weighted by Gasteiger charge is 2.05. The number of nitrogens with one attached hydrogen (secondary N) is 2. The van der Waals surface area contributed by atoms with E-state index in [2.05, 4.69) is 20.6 Å². The molecule has 6 nitrogen and oxygen atoms in total. The fourth-order valence-corrected chi connectivity index (χ4v) is 1.49. The average Bonchev–Trinajstić information content (AvgIpc) is 2.27. The van der Waals surface area contributed by atoms with Crippen molar-refractivity contribution in [2.24, 2.45) is 0 Å². The van der Waals surface area contributed by atoms with Crippen molar-refractivity contribution in [1.82, 2.24) is 15.3 Å². The Labute approximate surface area is 114 Å². The van der Waals surface area contributed by atoms with Gasteiger partial charge >= 0.3 is 0 Å². The van der Waals surface area contributed by atoms with Crippen LogP contribution in [-0.4, -0.2) is 35.1 Å². The van der Waals surface area contributed by atoms with E-state index in [0.717, 1.165) is 5.69 Å². The van der Waals surface area contributed by atoms with Crippen molar-refractivity contribution in [3.63, 3.8) is 0 Å². The summed E-state index contributed by atoms with van der Waals surface area (Å²) in [5.74, 6) is 1.05. The SMILES string of the molecule is CCNC(=O)CCNc1nc(C)cc(OC(C)C)n1. The first-order valence-corrected chi connectivity index (χ1v) is 6.54. The zero-order chi connectivity index (χ0) is 14.3. The molecule has 0 radical (unpaired) electrons. The molecule has 1 aromatic heterocycles. The van der Waals surface area contributed by atoms with Gasteiger partial charge in [0.15, 0.2) is 0 Å². The predicted molar refractivity (Wildman–Crippen MR) is 74.3 cm³/mol. The molecule has 0 aromatic carbocycles. The quantitative estimate of drug-likeness (QED) is 0.782. The Balaban J connectivity index is 2.53. The molecule has 0 aliphatic carbocycles. The van der Waals surface area contributed by atoms with E-state index in [9.17, 15) is 4.79 Å². The summed E-state index contributed by atoms with van der Waals surface area (Å²) in [6, 6.07) is 1.79. The van der Waals surface area contributed by atoms with Crippen LogP contribution in [0.2, 0.25) is 0 Å². The summed E-state index contributed by atoms with van der Waals surface area (Å²) in [4.78, 5) is 19.8. The third-order valence-corrected chi connectivity index (χ3v) is 2.20. The number of amides is 1. The maximum Gasteiger partial charge on any atom is 0.226 e. The number of anilines is 1. The van der Waals surface area contributed by atoms with Crippen molar-refractivity contribution in [3.8, 4) is 5.88 Å². The van der Waals surface area contributed by atoms with E-state index < -0.39 is 0 Å². The van der Waals surface area contributed by atoms with Crippen LogP contribution >= 0.6 is 0 Å².